The first-order valence-corrected chi connectivity index (χ1v) is 7.65. The van der Waals surface area contributed by atoms with Crippen molar-refractivity contribution in [2.45, 2.75) is 24.6 Å². The molecule has 1 aliphatic rings. The Morgan fingerprint density at radius 3 is 2.64 bits per heavy atom. The van der Waals surface area contributed by atoms with Crippen LogP contribution in [-0.4, -0.2) is 33.8 Å². The highest BCUT2D eigenvalue weighted by atomic mass is 19.4. The molecule has 25 heavy (non-hydrogen) atoms. The van der Waals surface area contributed by atoms with E-state index in [0.717, 1.165) is 0 Å². The van der Waals surface area contributed by atoms with Crippen LogP contribution in [-0.2, 0) is 16.5 Å². The van der Waals surface area contributed by atoms with Crippen molar-refractivity contribution in [1.82, 2.24) is 20.1 Å². The molecule has 0 radical (unpaired) electrons. The molecule has 0 aromatic carbocycles. The van der Waals surface area contributed by atoms with Crippen LogP contribution in [0.4, 0.5) is 18.9 Å². The maximum Gasteiger partial charge on any atom is 0.417 e. The summed E-state index contributed by atoms with van der Waals surface area (Å²) in [6, 6.07) is 2.29. The van der Waals surface area contributed by atoms with Crippen LogP contribution < -0.4 is 16.2 Å². The Balaban J connectivity index is 1.94. The second-order valence-electron chi connectivity index (χ2n) is 5.82. The Morgan fingerprint density at radius 1 is 1.32 bits per heavy atom. The van der Waals surface area contributed by atoms with E-state index in [2.05, 4.69) is 15.7 Å². The van der Waals surface area contributed by atoms with Gasteiger partial charge in [0.25, 0.3) is 11.5 Å². The highest BCUT2D eigenvalue weighted by Gasteiger charge is 2.42. The third-order valence-electron chi connectivity index (χ3n) is 4.28. The first-order chi connectivity index (χ1) is 11.8. The molecule has 0 saturated carbocycles. The Labute approximate surface area is 140 Å². The average Bonchev–Trinajstić information content (AvgIpc) is 3.11. The van der Waals surface area contributed by atoms with Crippen LogP contribution in [0.2, 0.25) is 0 Å². The molecule has 7 nitrogen and oxygen atoms in total. The van der Waals surface area contributed by atoms with Crippen molar-refractivity contribution in [3.05, 3.63) is 46.6 Å². The summed E-state index contributed by atoms with van der Waals surface area (Å²) in [7, 11) is 0. The molecule has 0 atom stereocenters. The molecular weight excluding hydrogens is 339 g/mol. The summed E-state index contributed by atoms with van der Waals surface area (Å²) in [5, 5.41) is 9.59. The number of hydrogen-bond acceptors (Lipinski definition) is 4. The summed E-state index contributed by atoms with van der Waals surface area (Å²) in [5.41, 5.74) is -3.34. The zero-order valence-electron chi connectivity index (χ0n) is 13.1. The van der Waals surface area contributed by atoms with Crippen LogP contribution in [0.1, 0.15) is 18.4 Å². The molecule has 3 rings (SSSR count). The Bertz CT molecular complexity index is 807. The van der Waals surface area contributed by atoms with Crippen LogP contribution in [0.3, 0.4) is 0 Å². The summed E-state index contributed by atoms with van der Waals surface area (Å²) in [6.45, 7) is 1.10. The lowest BCUT2D eigenvalue weighted by Crippen LogP contribution is -2.52. The smallest absolute Gasteiger partial charge is 0.327 e. The van der Waals surface area contributed by atoms with Crippen molar-refractivity contribution >= 4 is 11.6 Å². The zero-order chi connectivity index (χ0) is 18.1. The number of hydrogen-bond donors (Lipinski definition) is 3. The van der Waals surface area contributed by atoms with Crippen molar-refractivity contribution in [3.8, 4) is 0 Å². The number of carbonyl (C=O) groups excluding carboxylic acids is 1. The number of rotatable bonds is 3. The van der Waals surface area contributed by atoms with Gasteiger partial charge < -0.3 is 15.6 Å². The van der Waals surface area contributed by atoms with Crippen molar-refractivity contribution in [2.75, 3.05) is 18.4 Å². The van der Waals surface area contributed by atoms with E-state index in [4.69, 9.17) is 0 Å². The molecule has 0 aliphatic carbocycles. The molecule has 3 N–H and O–H groups in total. The van der Waals surface area contributed by atoms with E-state index >= 15 is 0 Å². The topological polar surface area (TPSA) is 91.8 Å². The summed E-state index contributed by atoms with van der Waals surface area (Å²) in [4.78, 5) is 26.7. The Morgan fingerprint density at radius 2 is 2.04 bits per heavy atom. The van der Waals surface area contributed by atoms with E-state index in [1.54, 1.807) is 12.3 Å². The molecule has 2 aromatic heterocycles. The van der Waals surface area contributed by atoms with Gasteiger partial charge in [0.1, 0.15) is 11.2 Å². The van der Waals surface area contributed by atoms with Crippen LogP contribution in [0.25, 0.3) is 0 Å². The summed E-state index contributed by atoms with van der Waals surface area (Å²) < 4.78 is 40.0. The van der Waals surface area contributed by atoms with Crippen LogP contribution in [0, 0.1) is 0 Å². The molecule has 1 fully saturated rings. The largest absolute Gasteiger partial charge is 0.417 e. The first-order valence-electron chi connectivity index (χ1n) is 7.65. The average molecular weight is 355 g/mol. The minimum absolute atomic E-state index is 0.400. The van der Waals surface area contributed by atoms with Gasteiger partial charge in [0.05, 0.1) is 5.56 Å². The summed E-state index contributed by atoms with van der Waals surface area (Å²) in [6.07, 6.45) is -0.103. The van der Waals surface area contributed by atoms with Gasteiger partial charge in [-0.25, -0.2) is 0 Å². The fourth-order valence-corrected chi connectivity index (χ4v) is 2.90. The van der Waals surface area contributed by atoms with E-state index < -0.39 is 34.4 Å². The molecule has 0 unspecified atom stereocenters. The third-order valence-corrected chi connectivity index (χ3v) is 4.28. The second-order valence-corrected chi connectivity index (χ2v) is 5.82. The molecule has 0 bridgehead atoms. The third kappa shape index (κ3) is 3.29. The summed E-state index contributed by atoms with van der Waals surface area (Å²) >= 11 is 0. The number of aromatic amines is 1. The lowest BCUT2D eigenvalue weighted by molar-refractivity contribution is -0.138. The standard InChI is InChI=1S/C15H16F3N5O2/c16-15(17,18)10-8-11(12(24)20-9-10)22-13(25)14(2-5-19-6-3-14)23-7-1-4-21-23/h1,4,7-9,19H,2-3,5-6H2,(H,20,24)(H,22,25). The molecule has 3 heterocycles. The van der Waals surface area contributed by atoms with Crippen molar-refractivity contribution in [1.29, 1.82) is 0 Å². The predicted octanol–water partition coefficient (Wildman–Crippen LogP) is 1.31. The Kier molecular flexibility index (Phi) is 4.38. The van der Waals surface area contributed by atoms with Gasteiger partial charge in [-0.1, -0.05) is 0 Å². The Hall–Kier alpha value is -2.62. The highest BCUT2D eigenvalue weighted by molar-refractivity contribution is 5.96. The molecule has 10 heteroatoms. The van der Waals surface area contributed by atoms with Crippen molar-refractivity contribution in [2.24, 2.45) is 0 Å². The van der Waals surface area contributed by atoms with Crippen LogP contribution in [0.5, 0.6) is 0 Å². The number of alkyl halides is 3. The summed E-state index contributed by atoms with van der Waals surface area (Å²) in [5.74, 6) is -0.567. The lowest BCUT2D eigenvalue weighted by atomic mass is 9.87. The van der Waals surface area contributed by atoms with Gasteiger partial charge in [-0.3, -0.25) is 14.3 Å². The van der Waals surface area contributed by atoms with E-state index in [-0.39, 0.29) is 0 Å². The van der Waals surface area contributed by atoms with Gasteiger partial charge in [0.2, 0.25) is 0 Å². The maximum atomic E-state index is 12.9. The number of aromatic nitrogens is 3. The normalized spacial score (nSPS) is 17.2. The molecule has 2 aromatic rings. The number of piperidine rings is 1. The number of halogens is 3. The molecule has 1 saturated heterocycles. The SMILES string of the molecule is O=C(Nc1cc(C(F)(F)F)c[nH]c1=O)C1(n2cccn2)CCNCC1. The van der Waals surface area contributed by atoms with E-state index in [1.807, 2.05) is 4.98 Å². The van der Waals surface area contributed by atoms with Gasteiger partial charge in [-0.15, -0.1) is 0 Å². The number of carbonyl (C=O) groups is 1. The maximum absolute atomic E-state index is 12.9. The number of nitrogens with one attached hydrogen (secondary N) is 3. The monoisotopic (exact) mass is 355 g/mol. The minimum atomic E-state index is -4.63. The van der Waals surface area contributed by atoms with Crippen molar-refractivity contribution in [3.63, 3.8) is 0 Å². The van der Waals surface area contributed by atoms with Crippen LogP contribution >= 0.6 is 0 Å². The molecular formula is C15H16F3N5O2. The zero-order valence-corrected chi connectivity index (χ0v) is 13.1. The fraction of sp³-hybridized carbons (Fsp3) is 0.400. The minimum Gasteiger partial charge on any atom is -0.327 e. The number of pyridine rings is 1. The van der Waals surface area contributed by atoms with E-state index in [9.17, 15) is 22.8 Å². The van der Waals surface area contributed by atoms with E-state index in [0.29, 0.717) is 38.2 Å². The molecule has 1 aliphatic heterocycles. The molecule has 0 spiro atoms. The van der Waals surface area contributed by atoms with Gasteiger partial charge in [0, 0.05) is 18.6 Å². The number of H-pyrrole nitrogens is 1. The van der Waals surface area contributed by atoms with Gasteiger partial charge in [-0.05, 0) is 38.1 Å². The molecule has 1 amide bonds. The molecule has 134 valence electrons. The fourth-order valence-electron chi connectivity index (χ4n) is 2.90. The van der Waals surface area contributed by atoms with Gasteiger partial charge >= 0.3 is 6.18 Å². The first kappa shape index (κ1) is 17.2. The lowest BCUT2D eigenvalue weighted by Gasteiger charge is -2.36. The predicted molar refractivity (Wildman–Crippen MR) is 83.0 cm³/mol. The number of amides is 1. The second kappa shape index (κ2) is 6.36. The highest BCUT2D eigenvalue weighted by Crippen LogP contribution is 2.31. The quantitative estimate of drug-likeness (QED) is 0.774. The van der Waals surface area contributed by atoms with Crippen LogP contribution in [0.15, 0.2) is 35.5 Å². The van der Waals surface area contributed by atoms with Gasteiger partial charge in [-0.2, -0.15) is 18.3 Å². The number of nitrogens with zero attached hydrogens (tertiary/aromatic N) is 2. The number of anilines is 1. The van der Waals surface area contributed by atoms with E-state index in [1.165, 1.54) is 10.9 Å². The van der Waals surface area contributed by atoms with Crippen molar-refractivity contribution < 1.29 is 18.0 Å². The van der Waals surface area contributed by atoms with Gasteiger partial charge in [0.15, 0.2) is 0 Å².